The van der Waals surface area contributed by atoms with Gasteiger partial charge in [-0.15, -0.1) is 0 Å². The molecule has 0 fully saturated rings. The summed E-state index contributed by atoms with van der Waals surface area (Å²) in [5, 5.41) is 10.2. The molecule has 7 aromatic rings. The van der Waals surface area contributed by atoms with E-state index in [0.717, 1.165) is 68.2 Å². The Morgan fingerprint density at radius 1 is 0.438 bits per heavy atom. The maximum atomic E-state index is 10.2. The molecule has 0 heterocycles. The molecule has 7 aromatic carbocycles. The van der Waals surface area contributed by atoms with E-state index in [1.807, 2.05) is 173 Å². The third-order valence-electron chi connectivity index (χ3n) is 10.3. The molecule has 64 heavy (non-hydrogen) atoms. The quantitative estimate of drug-likeness (QED) is 0.0629. The lowest BCUT2D eigenvalue weighted by Gasteiger charge is -2.26. The van der Waals surface area contributed by atoms with Crippen LogP contribution in [0.25, 0.3) is 29.1 Å². The fourth-order valence-corrected chi connectivity index (χ4v) is 7.25. The van der Waals surface area contributed by atoms with Crippen molar-refractivity contribution in [2.45, 2.75) is 27.7 Å². The molecule has 0 N–H and O–H groups in total. The highest BCUT2D eigenvalue weighted by atomic mass is 16.5. The van der Waals surface area contributed by atoms with Crippen molar-refractivity contribution in [3.8, 4) is 29.1 Å². The van der Waals surface area contributed by atoms with Crippen molar-refractivity contribution in [2.75, 3.05) is 36.2 Å². The van der Waals surface area contributed by atoms with Gasteiger partial charge in [0.15, 0.2) is 5.69 Å². The smallest absolute Gasteiger partial charge is 0.194 e. The number of hydrogen-bond donors (Lipinski definition) is 0. The van der Waals surface area contributed by atoms with Crippen LogP contribution in [0.2, 0.25) is 0 Å². The van der Waals surface area contributed by atoms with Crippen molar-refractivity contribution < 1.29 is 18.9 Å². The van der Waals surface area contributed by atoms with Crippen LogP contribution in [-0.4, -0.2) is 26.4 Å². The van der Waals surface area contributed by atoms with Gasteiger partial charge in [-0.05, 0) is 183 Å². The van der Waals surface area contributed by atoms with Gasteiger partial charge in [0.05, 0.1) is 44.6 Å². The topological polar surface area (TPSA) is 71.6 Å². The number of nitrogens with zero attached hydrogens (tertiary/aromatic N) is 4. The molecule has 0 radical (unpaired) electrons. The molecule has 318 valence electrons. The summed E-state index contributed by atoms with van der Waals surface area (Å²) >= 11 is 0. The molecule has 0 aliphatic heterocycles. The minimum Gasteiger partial charge on any atom is -0.494 e. The molecule has 0 saturated heterocycles. The second kappa shape index (κ2) is 21.5. The molecule has 0 amide bonds. The summed E-state index contributed by atoms with van der Waals surface area (Å²) in [7, 11) is 0. The Kier molecular flexibility index (Phi) is 14.8. The summed E-state index contributed by atoms with van der Waals surface area (Å²) in [6, 6.07) is 54.6. The Bertz CT molecular complexity index is 2460. The van der Waals surface area contributed by atoms with Crippen LogP contribution in [0.1, 0.15) is 55.5 Å². The Balaban J connectivity index is 1.10. The van der Waals surface area contributed by atoms with Crippen LogP contribution in [-0.2, 0) is 0 Å². The van der Waals surface area contributed by atoms with Crippen molar-refractivity contribution in [1.29, 1.82) is 5.26 Å². The van der Waals surface area contributed by atoms with Gasteiger partial charge in [-0.1, -0.05) is 48.6 Å². The van der Waals surface area contributed by atoms with E-state index in [4.69, 9.17) is 25.5 Å². The number of ether oxygens (including phenoxy) is 4. The van der Waals surface area contributed by atoms with Crippen LogP contribution in [0.3, 0.4) is 0 Å². The number of hydrogen-bond acceptors (Lipinski definition) is 7. The van der Waals surface area contributed by atoms with E-state index in [1.165, 1.54) is 0 Å². The average Bonchev–Trinajstić information content (AvgIpc) is 3.33. The predicted molar refractivity (Wildman–Crippen MR) is 262 cm³/mol. The summed E-state index contributed by atoms with van der Waals surface area (Å²) < 4.78 is 22.8. The molecule has 0 saturated carbocycles. The molecule has 0 aliphatic rings. The lowest BCUT2D eigenvalue weighted by atomic mass is 10.0. The Morgan fingerprint density at radius 2 is 0.734 bits per heavy atom. The summed E-state index contributed by atoms with van der Waals surface area (Å²) in [6.07, 6.45) is 7.72. The fraction of sp³-hybridized carbons (Fsp3) is 0.143. The minimum atomic E-state index is 0.459. The van der Waals surface area contributed by atoms with E-state index >= 15 is 0 Å². The molecule has 0 atom stereocenters. The summed E-state index contributed by atoms with van der Waals surface area (Å²) in [4.78, 5) is 8.20. The number of benzene rings is 7. The third kappa shape index (κ3) is 10.8. The van der Waals surface area contributed by atoms with Crippen molar-refractivity contribution in [1.82, 2.24) is 0 Å². The Hall–Kier alpha value is -8.20. The summed E-state index contributed by atoms with van der Waals surface area (Å²) in [6.45, 7) is 18.3. The molecular weight excluding hydrogens is 793 g/mol. The second-order valence-corrected chi connectivity index (χ2v) is 14.5. The van der Waals surface area contributed by atoms with Gasteiger partial charge in [-0.2, -0.15) is 5.26 Å². The minimum absolute atomic E-state index is 0.459. The van der Waals surface area contributed by atoms with E-state index in [0.29, 0.717) is 48.8 Å². The van der Waals surface area contributed by atoms with Gasteiger partial charge in [0.1, 0.15) is 23.0 Å². The van der Waals surface area contributed by atoms with Crippen molar-refractivity contribution in [3.05, 3.63) is 197 Å². The van der Waals surface area contributed by atoms with Gasteiger partial charge in [0, 0.05) is 34.1 Å². The average molecular weight is 843 g/mol. The van der Waals surface area contributed by atoms with Gasteiger partial charge in [0.25, 0.3) is 0 Å². The van der Waals surface area contributed by atoms with E-state index < -0.39 is 0 Å². The number of nitriles is 1. The normalized spacial score (nSPS) is 10.9. The van der Waals surface area contributed by atoms with Crippen molar-refractivity contribution in [2.24, 2.45) is 0 Å². The Morgan fingerprint density at radius 3 is 1.02 bits per heavy atom. The second-order valence-electron chi connectivity index (χ2n) is 14.5. The van der Waals surface area contributed by atoms with Crippen LogP contribution in [0, 0.1) is 17.9 Å². The third-order valence-corrected chi connectivity index (χ3v) is 10.3. The zero-order chi connectivity index (χ0) is 44.7. The highest BCUT2D eigenvalue weighted by Crippen LogP contribution is 2.38. The fourth-order valence-electron chi connectivity index (χ4n) is 7.25. The molecule has 8 nitrogen and oxygen atoms in total. The zero-order valence-electron chi connectivity index (χ0n) is 36.6. The van der Waals surface area contributed by atoms with Crippen LogP contribution in [0.4, 0.5) is 39.8 Å². The first-order valence-electron chi connectivity index (χ1n) is 21.5. The first-order chi connectivity index (χ1) is 31.4. The lowest BCUT2D eigenvalue weighted by Crippen LogP contribution is -2.10. The molecule has 0 aliphatic carbocycles. The van der Waals surface area contributed by atoms with Crippen molar-refractivity contribution in [3.63, 3.8) is 0 Å². The lowest BCUT2D eigenvalue weighted by molar-refractivity contribution is 0.340. The highest BCUT2D eigenvalue weighted by molar-refractivity contribution is 5.84. The van der Waals surface area contributed by atoms with Gasteiger partial charge >= 0.3 is 0 Å². The highest BCUT2D eigenvalue weighted by Gasteiger charge is 2.15. The molecular formula is C56H50N4O4. The molecule has 7 rings (SSSR count). The SMILES string of the molecule is [C-]#[N+]c1cc(/C=C/c2ccc(N(c3ccc(OCC)cc3)c3ccc(OCC)cc3)cc2)c(C#N)cc1/C=C/c1ccc(N(c2ccc(OCC)cc2)c2ccc(OCC)cc2)cc1. The van der Waals surface area contributed by atoms with E-state index in [9.17, 15) is 5.26 Å². The zero-order valence-corrected chi connectivity index (χ0v) is 36.6. The van der Waals surface area contributed by atoms with Gasteiger partial charge in [0.2, 0.25) is 0 Å². The van der Waals surface area contributed by atoms with Crippen molar-refractivity contribution >= 4 is 64.1 Å². The number of rotatable bonds is 18. The van der Waals surface area contributed by atoms with Gasteiger partial charge in [-0.25, -0.2) is 4.85 Å². The van der Waals surface area contributed by atoms with Crippen LogP contribution in [0.15, 0.2) is 158 Å². The maximum Gasteiger partial charge on any atom is 0.194 e. The van der Waals surface area contributed by atoms with Gasteiger partial charge < -0.3 is 28.7 Å². The molecule has 0 spiro atoms. The van der Waals surface area contributed by atoms with Crippen LogP contribution < -0.4 is 28.7 Å². The monoisotopic (exact) mass is 842 g/mol. The van der Waals surface area contributed by atoms with E-state index in [2.05, 4.69) is 45.0 Å². The standard InChI is InChI=1S/C56H50N4O4/c1-6-61-52-30-22-48(23-31-52)59(49-24-32-53(33-25-49)62-7-2)46-18-12-41(13-19-46)10-16-43-39-56(58-5)44(38-45(43)40-57)17-11-42-14-20-47(21-15-42)60(50-26-34-54(35-27-50)63-8-3)51-28-36-55(37-29-51)64-9-4/h10-39H,6-9H2,1-4H3/b16-10+,17-11+. The summed E-state index contributed by atoms with van der Waals surface area (Å²) in [5.74, 6) is 3.26. The molecule has 8 heteroatoms. The van der Waals surface area contributed by atoms with E-state index in [-0.39, 0.29) is 0 Å². The van der Waals surface area contributed by atoms with Crippen LogP contribution in [0.5, 0.6) is 23.0 Å². The van der Waals surface area contributed by atoms with Gasteiger partial charge in [-0.3, -0.25) is 0 Å². The number of anilines is 6. The predicted octanol–water partition coefficient (Wildman–Crippen LogP) is 15.0. The molecule has 0 aromatic heterocycles. The first-order valence-corrected chi connectivity index (χ1v) is 21.5. The molecule has 0 unspecified atom stereocenters. The first kappa shape index (κ1) is 43.9. The van der Waals surface area contributed by atoms with Crippen LogP contribution >= 0.6 is 0 Å². The summed E-state index contributed by atoms with van der Waals surface area (Å²) in [5.41, 5.74) is 10.1. The maximum absolute atomic E-state index is 10.2. The largest absolute Gasteiger partial charge is 0.494 e. The Labute approximate surface area is 376 Å². The van der Waals surface area contributed by atoms with E-state index in [1.54, 1.807) is 12.1 Å². The molecule has 0 bridgehead atoms.